The molecule has 3 N–H and O–H groups in total. The van der Waals surface area contributed by atoms with Crippen molar-refractivity contribution in [2.24, 2.45) is 5.92 Å². The number of likely N-dealkylation sites (tertiary alicyclic amines) is 1. The Kier molecular flexibility index (Phi) is 14.7. The number of ether oxygens (including phenoxy) is 2. The fourth-order valence-electron chi connectivity index (χ4n) is 6.97. The quantitative estimate of drug-likeness (QED) is 0.127. The summed E-state index contributed by atoms with van der Waals surface area (Å²) in [6, 6.07) is 3.36. The first kappa shape index (κ1) is 43.5. The van der Waals surface area contributed by atoms with Crippen LogP contribution in [0.4, 0.5) is 14.0 Å². The van der Waals surface area contributed by atoms with Gasteiger partial charge in [-0.3, -0.25) is 24.2 Å². The summed E-state index contributed by atoms with van der Waals surface area (Å²) in [6.07, 6.45) is 6.96. The molecule has 17 heteroatoms. The summed E-state index contributed by atoms with van der Waals surface area (Å²) in [5, 5.41) is 11.4. The molecule has 0 aromatic heterocycles. The summed E-state index contributed by atoms with van der Waals surface area (Å²) in [5.41, 5.74) is -1.52. The summed E-state index contributed by atoms with van der Waals surface area (Å²) in [7, 11) is -2.90. The lowest BCUT2D eigenvalue weighted by Gasteiger charge is -2.29. The maximum atomic E-state index is 14.3. The van der Waals surface area contributed by atoms with Crippen LogP contribution in [0.1, 0.15) is 109 Å². The first-order chi connectivity index (χ1) is 25.9. The minimum atomic E-state index is -4.27. The van der Waals surface area contributed by atoms with Crippen LogP contribution in [0.5, 0.6) is 0 Å². The van der Waals surface area contributed by atoms with Crippen molar-refractivity contribution in [3.8, 4) is 0 Å². The Hall–Kier alpha value is -4.25. The molecule has 0 radical (unpaired) electrons. The summed E-state index contributed by atoms with van der Waals surface area (Å²) in [4.78, 5) is 67.0. The van der Waals surface area contributed by atoms with E-state index in [9.17, 15) is 36.8 Å². The molecule has 0 unspecified atom stereocenters. The minimum absolute atomic E-state index is 0.00580. The molecule has 1 aromatic carbocycles. The molecular formula is C38H56FN5O10S. The van der Waals surface area contributed by atoms with Gasteiger partial charge in [-0.25, -0.2) is 18.7 Å². The molecule has 306 valence electrons. The number of carbonyl (C=O) groups excluding carboxylic acids is 4. The van der Waals surface area contributed by atoms with Crippen LogP contribution in [0, 0.1) is 11.7 Å². The fraction of sp³-hybridized carbons (Fsp3) is 0.658. The van der Waals surface area contributed by atoms with E-state index in [0.29, 0.717) is 24.0 Å². The third-order valence-electron chi connectivity index (χ3n) is 10.2. The lowest BCUT2D eigenvalue weighted by Crippen LogP contribution is -2.57. The zero-order valence-corrected chi connectivity index (χ0v) is 33.1. The van der Waals surface area contributed by atoms with Crippen molar-refractivity contribution in [1.82, 2.24) is 24.1 Å². The highest BCUT2D eigenvalue weighted by Crippen LogP contribution is 2.45. The maximum Gasteiger partial charge on any atom is 0.411 e. The van der Waals surface area contributed by atoms with Gasteiger partial charge < -0.3 is 19.9 Å². The fourth-order valence-corrected chi connectivity index (χ4v) is 7.91. The molecule has 0 bridgehead atoms. The maximum absolute atomic E-state index is 14.3. The second kappa shape index (κ2) is 18.6. The molecule has 1 aliphatic carbocycles. The number of benzene rings is 1. The molecule has 1 aromatic rings. The van der Waals surface area contributed by atoms with E-state index >= 15 is 0 Å². The summed E-state index contributed by atoms with van der Waals surface area (Å²) < 4.78 is 55.1. The molecule has 15 nitrogen and oxygen atoms in total. The molecule has 1 saturated heterocycles. The van der Waals surface area contributed by atoms with Gasteiger partial charge in [-0.2, -0.15) is 12.7 Å². The van der Waals surface area contributed by atoms with Crippen LogP contribution in [0.3, 0.4) is 0 Å². The SMILES string of the molecule is C=C[C@@H]1C[C@@]1(NC(=O)[C@H]1C[C@@H](OC(=O)N2Cc3cccc(F)c3C2)CN1C(=O)OC(C)(C)C)C(=O)NS(=O)(=O)N(C)CCCCCCCCCCCC(=O)O. The van der Waals surface area contributed by atoms with Gasteiger partial charge in [0.25, 0.3) is 5.91 Å². The third-order valence-corrected chi connectivity index (χ3v) is 11.6. The molecule has 4 rings (SSSR count). The summed E-state index contributed by atoms with van der Waals surface area (Å²) >= 11 is 0. The van der Waals surface area contributed by atoms with Crippen molar-refractivity contribution in [1.29, 1.82) is 0 Å². The average Bonchev–Trinajstić information content (AvgIpc) is 3.40. The van der Waals surface area contributed by atoms with E-state index in [1.54, 1.807) is 32.9 Å². The van der Waals surface area contributed by atoms with Crippen molar-refractivity contribution < 1.29 is 51.4 Å². The standard InChI is InChI=1S/C38H56FN5O10S/c1-6-27-22-38(27,34(48)41-55(51,52)42(5)20-15-13-11-9-7-8-10-12-14-19-32(45)46)40-33(47)31-21-28(24-44(31)36(50)54-37(2,3)4)53-35(49)43-23-26-17-16-18-30(39)29(26)25-43/h6,16-18,27-28,31H,1,7-15,19-25H2,2-5H3,(H,40,47)(H,41,48)(H,45,46)/t27-,28-,31-,38+/m1/s1. The zero-order chi connectivity index (χ0) is 40.6. The Morgan fingerprint density at radius 1 is 1.02 bits per heavy atom. The van der Waals surface area contributed by atoms with Crippen molar-refractivity contribution in [3.63, 3.8) is 0 Å². The highest BCUT2D eigenvalue weighted by molar-refractivity contribution is 7.87. The summed E-state index contributed by atoms with van der Waals surface area (Å²) in [6.45, 7) is 8.84. The first-order valence-corrected chi connectivity index (χ1v) is 20.5. The van der Waals surface area contributed by atoms with Crippen molar-refractivity contribution in [2.45, 2.75) is 134 Å². The molecule has 1 saturated carbocycles. The predicted octanol–water partition coefficient (Wildman–Crippen LogP) is 5.00. The predicted molar refractivity (Wildman–Crippen MR) is 200 cm³/mol. The topological polar surface area (TPSA) is 192 Å². The van der Waals surface area contributed by atoms with Gasteiger partial charge >= 0.3 is 28.4 Å². The van der Waals surface area contributed by atoms with Gasteiger partial charge in [-0.1, -0.05) is 63.2 Å². The number of carbonyl (C=O) groups is 5. The van der Waals surface area contributed by atoms with E-state index in [1.165, 1.54) is 24.1 Å². The average molecular weight is 794 g/mol. The lowest BCUT2D eigenvalue weighted by molar-refractivity contribution is -0.137. The Morgan fingerprint density at radius 3 is 2.24 bits per heavy atom. The number of hydrogen-bond donors (Lipinski definition) is 3. The highest BCUT2D eigenvalue weighted by Gasteiger charge is 2.61. The Balaban J connectivity index is 1.32. The number of fused-ring (bicyclic) bond motifs is 1. The normalized spacial score (nSPS) is 21.9. The number of carboxylic acids is 1. The van der Waals surface area contributed by atoms with E-state index in [2.05, 4.69) is 16.6 Å². The van der Waals surface area contributed by atoms with Gasteiger partial charge in [0, 0.05) is 44.5 Å². The monoisotopic (exact) mass is 793 g/mol. The number of unbranched alkanes of at least 4 members (excludes halogenated alkanes) is 8. The smallest absolute Gasteiger partial charge is 0.411 e. The van der Waals surface area contributed by atoms with Crippen LogP contribution in [0.25, 0.3) is 0 Å². The number of halogens is 1. The number of rotatable bonds is 19. The second-order valence-corrected chi connectivity index (χ2v) is 17.5. The van der Waals surface area contributed by atoms with E-state index < -0.39 is 75.2 Å². The van der Waals surface area contributed by atoms with Crippen LogP contribution in [-0.2, 0) is 47.2 Å². The van der Waals surface area contributed by atoms with Crippen molar-refractivity contribution >= 4 is 40.2 Å². The number of hydrogen-bond acceptors (Lipinski definition) is 9. The third kappa shape index (κ3) is 11.9. The molecule has 3 aliphatic rings. The van der Waals surface area contributed by atoms with Gasteiger partial charge in [-0.15, -0.1) is 6.58 Å². The molecule has 2 heterocycles. The number of nitrogens with one attached hydrogen (secondary N) is 2. The van der Waals surface area contributed by atoms with Crippen molar-refractivity contribution in [2.75, 3.05) is 20.1 Å². The molecule has 0 spiro atoms. The lowest BCUT2D eigenvalue weighted by atomic mass is 10.1. The minimum Gasteiger partial charge on any atom is -0.481 e. The van der Waals surface area contributed by atoms with Crippen LogP contribution in [0.15, 0.2) is 30.9 Å². The zero-order valence-electron chi connectivity index (χ0n) is 32.3. The molecule has 55 heavy (non-hydrogen) atoms. The number of aliphatic carboxylic acids is 1. The molecule has 4 amide bonds. The van der Waals surface area contributed by atoms with Crippen LogP contribution in [0.2, 0.25) is 0 Å². The van der Waals surface area contributed by atoms with E-state index in [1.807, 2.05) is 0 Å². The van der Waals surface area contributed by atoms with Crippen LogP contribution < -0.4 is 10.0 Å². The number of carboxylic acid groups (broad SMARTS) is 1. The number of nitrogens with zero attached hydrogens (tertiary/aromatic N) is 3. The van der Waals surface area contributed by atoms with E-state index in [4.69, 9.17) is 14.6 Å². The molecular weight excluding hydrogens is 738 g/mol. The van der Waals surface area contributed by atoms with E-state index in [-0.39, 0.29) is 45.4 Å². The molecule has 2 fully saturated rings. The molecule has 2 aliphatic heterocycles. The van der Waals surface area contributed by atoms with E-state index in [0.717, 1.165) is 54.2 Å². The summed E-state index contributed by atoms with van der Waals surface area (Å²) in [5.74, 6) is -3.49. The molecule has 4 atom stereocenters. The van der Waals surface area contributed by atoms with Gasteiger partial charge in [0.2, 0.25) is 5.91 Å². The van der Waals surface area contributed by atoms with Gasteiger partial charge in [-0.05, 0) is 51.7 Å². The first-order valence-electron chi connectivity index (χ1n) is 19.0. The van der Waals surface area contributed by atoms with Gasteiger partial charge in [0.05, 0.1) is 13.1 Å². The van der Waals surface area contributed by atoms with Crippen LogP contribution in [-0.4, -0.2) is 101 Å². The second-order valence-electron chi connectivity index (χ2n) is 15.7. The Labute approximate surface area is 323 Å². The Morgan fingerprint density at radius 2 is 1.65 bits per heavy atom. The number of amides is 4. The largest absolute Gasteiger partial charge is 0.481 e. The van der Waals surface area contributed by atoms with Gasteiger partial charge in [0.15, 0.2) is 0 Å². The van der Waals surface area contributed by atoms with Gasteiger partial charge in [0.1, 0.15) is 29.1 Å². The Bertz CT molecular complexity index is 1700. The van der Waals surface area contributed by atoms with Crippen molar-refractivity contribution in [3.05, 3.63) is 47.8 Å². The highest BCUT2D eigenvalue weighted by atomic mass is 32.2. The van der Waals surface area contributed by atoms with Crippen LogP contribution >= 0.6 is 0 Å².